The average molecular weight is 304 g/mol. The number of methoxy groups -OCH3 is 2. The lowest BCUT2D eigenvalue weighted by molar-refractivity contribution is -0.130. The highest BCUT2D eigenvalue weighted by Crippen LogP contribution is 2.27. The van der Waals surface area contributed by atoms with Crippen molar-refractivity contribution in [2.45, 2.75) is 19.5 Å². The van der Waals surface area contributed by atoms with Gasteiger partial charge < -0.3 is 14.4 Å². The van der Waals surface area contributed by atoms with Crippen LogP contribution in [0, 0.1) is 0 Å². The van der Waals surface area contributed by atoms with Gasteiger partial charge in [0, 0.05) is 20.0 Å². The molecule has 118 valence electrons. The lowest BCUT2D eigenvalue weighted by atomic mass is 10.2. The van der Waals surface area contributed by atoms with Crippen LogP contribution in [-0.2, 0) is 17.9 Å². The molecule has 0 saturated carbocycles. The van der Waals surface area contributed by atoms with Crippen LogP contribution in [0.25, 0.3) is 0 Å². The van der Waals surface area contributed by atoms with Crippen LogP contribution in [0.2, 0.25) is 0 Å². The summed E-state index contributed by atoms with van der Waals surface area (Å²) in [6, 6.07) is 5.63. The molecule has 0 aliphatic heterocycles. The zero-order chi connectivity index (χ0) is 15.9. The predicted octanol–water partition coefficient (Wildman–Crippen LogP) is 1.34. The van der Waals surface area contributed by atoms with E-state index in [1.54, 1.807) is 37.2 Å². The third kappa shape index (κ3) is 3.97. The first kappa shape index (κ1) is 15.8. The third-order valence-corrected chi connectivity index (χ3v) is 3.31. The maximum absolute atomic E-state index is 12.1. The Hall–Kier alpha value is -2.57. The molecule has 7 heteroatoms. The second-order valence-corrected chi connectivity index (χ2v) is 4.85. The van der Waals surface area contributed by atoms with E-state index in [0.717, 1.165) is 5.56 Å². The number of benzene rings is 1. The zero-order valence-corrected chi connectivity index (χ0v) is 13.0. The number of nitrogens with zero attached hydrogens (tertiary/aromatic N) is 4. The standard InChI is InChI=1S/C15H20N4O3/c1-18(15(20)6-7-19-11-16-10-17-19)9-12-4-5-13(21-2)14(8-12)22-3/h4-5,8,10-11H,6-7,9H2,1-3H3. The molecule has 0 unspecified atom stereocenters. The molecule has 0 aliphatic rings. The van der Waals surface area contributed by atoms with Gasteiger partial charge in [0.15, 0.2) is 11.5 Å². The molecule has 0 fully saturated rings. The van der Waals surface area contributed by atoms with E-state index in [0.29, 0.717) is 31.0 Å². The predicted molar refractivity (Wildman–Crippen MR) is 80.7 cm³/mol. The monoisotopic (exact) mass is 304 g/mol. The van der Waals surface area contributed by atoms with E-state index in [-0.39, 0.29) is 5.91 Å². The van der Waals surface area contributed by atoms with Crippen molar-refractivity contribution in [3.63, 3.8) is 0 Å². The fourth-order valence-electron chi connectivity index (χ4n) is 2.09. The maximum Gasteiger partial charge on any atom is 0.224 e. The molecule has 7 nitrogen and oxygen atoms in total. The molecule has 0 aliphatic carbocycles. The first-order chi connectivity index (χ1) is 10.6. The van der Waals surface area contributed by atoms with E-state index in [1.807, 2.05) is 18.2 Å². The Labute approximate surface area is 129 Å². The Morgan fingerprint density at radius 3 is 2.68 bits per heavy atom. The second-order valence-electron chi connectivity index (χ2n) is 4.85. The molecule has 0 atom stereocenters. The largest absolute Gasteiger partial charge is 0.493 e. The van der Waals surface area contributed by atoms with Crippen molar-refractivity contribution in [2.75, 3.05) is 21.3 Å². The summed E-state index contributed by atoms with van der Waals surface area (Å²) in [5, 5.41) is 3.98. The summed E-state index contributed by atoms with van der Waals surface area (Å²) in [7, 11) is 4.96. The van der Waals surface area contributed by atoms with Crippen molar-refractivity contribution in [3.05, 3.63) is 36.4 Å². The van der Waals surface area contributed by atoms with Crippen LogP contribution < -0.4 is 9.47 Å². The van der Waals surface area contributed by atoms with Gasteiger partial charge in [0.25, 0.3) is 0 Å². The highest BCUT2D eigenvalue weighted by molar-refractivity contribution is 5.75. The number of aryl methyl sites for hydroxylation is 1. The molecule has 1 heterocycles. The van der Waals surface area contributed by atoms with Gasteiger partial charge >= 0.3 is 0 Å². The molecule has 1 aromatic carbocycles. The molecule has 0 N–H and O–H groups in total. The van der Waals surface area contributed by atoms with Gasteiger partial charge in [-0.1, -0.05) is 6.07 Å². The van der Waals surface area contributed by atoms with Crippen LogP contribution in [0.4, 0.5) is 0 Å². The number of carbonyl (C=O) groups excluding carboxylic acids is 1. The maximum atomic E-state index is 12.1. The van der Waals surface area contributed by atoms with E-state index in [4.69, 9.17) is 9.47 Å². The van der Waals surface area contributed by atoms with Crippen molar-refractivity contribution in [3.8, 4) is 11.5 Å². The quantitative estimate of drug-likeness (QED) is 0.772. The van der Waals surface area contributed by atoms with Crippen LogP contribution >= 0.6 is 0 Å². The molecule has 22 heavy (non-hydrogen) atoms. The molecule has 2 aromatic rings. The zero-order valence-electron chi connectivity index (χ0n) is 13.0. The number of hydrogen-bond donors (Lipinski definition) is 0. The lowest BCUT2D eigenvalue weighted by Gasteiger charge is -2.18. The Morgan fingerprint density at radius 1 is 1.27 bits per heavy atom. The van der Waals surface area contributed by atoms with E-state index in [9.17, 15) is 4.79 Å². The van der Waals surface area contributed by atoms with Gasteiger partial charge in [0.2, 0.25) is 5.91 Å². The van der Waals surface area contributed by atoms with Gasteiger partial charge in [-0.25, -0.2) is 4.98 Å². The van der Waals surface area contributed by atoms with Gasteiger partial charge in [-0.2, -0.15) is 5.10 Å². The topological polar surface area (TPSA) is 69.5 Å². The number of rotatable bonds is 7. The van der Waals surface area contributed by atoms with Gasteiger partial charge in [0.1, 0.15) is 12.7 Å². The third-order valence-electron chi connectivity index (χ3n) is 3.31. The smallest absolute Gasteiger partial charge is 0.224 e. The number of amides is 1. The highest BCUT2D eigenvalue weighted by Gasteiger charge is 2.11. The number of aromatic nitrogens is 3. The minimum absolute atomic E-state index is 0.0466. The molecule has 1 aromatic heterocycles. The number of hydrogen-bond acceptors (Lipinski definition) is 5. The van der Waals surface area contributed by atoms with Crippen LogP contribution in [0.15, 0.2) is 30.9 Å². The average Bonchev–Trinajstić information content (AvgIpc) is 3.05. The van der Waals surface area contributed by atoms with Crippen LogP contribution in [-0.4, -0.2) is 46.8 Å². The van der Waals surface area contributed by atoms with Crippen molar-refractivity contribution in [1.29, 1.82) is 0 Å². The summed E-state index contributed by atoms with van der Waals surface area (Å²) in [6.45, 7) is 1.03. The first-order valence-electron chi connectivity index (χ1n) is 6.91. The van der Waals surface area contributed by atoms with Crippen molar-refractivity contribution in [2.24, 2.45) is 0 Å². The minimum atomic E-state index is 0.0466. The van der Waals surface area contributed by atoms with Crippen LogP contribution in [0.3, 0.4) is 0 Å². The summed E-state index contributed by atoms with van der Waals surface area (Å²) < 4.78 is 12.1. The molecular weight excluding hydrogens is 284 g/mol. The minimum Gasteiger partial charge on any atom is -0.493 e. The van der Waals surface area contributed by atoms with Crippen molar-refractivity contribution in [1.82, 2.24) is 19.7 Å². The summed E-state index contributed by atoms with van der Waals surface area (Å²) in [6.07, 6.45) is 3.44. The van der Waals surface area contributed by atoms with E-state index < -0.39 is 0 Å². The first-order valence-corrected chi connectivity index (χ1v) is 6.91. The van der Waals surface area contributed by atoms with E-state index in [2.05, 4.69) is 10.1 Å². The van der Waals surface area contributed by atoms with Crippen molar-refractivity contribution >= 4 is 5.91 Å². The highest BCUT2D eigenvalue weighted by atomic mass is 16.5. The Bertz CT molecular complexity index is 613. The molecule has 0 saturated heterocycles. The molecule has 0 bridgehead atoms. The van der Waals surface area contributed by atoms with Crippen LogP contribution in [0.1, 0.15) is 12.0 Å². The lowest BCUT2D eigenvalue weighted by Crippen LogP contribution is -2.27. The van der Waals surface area contributed by atoms with E-state index >= 15 is 0 Å². The van der Waals surface area contributed by atoms with E-state index in [1.165, 1.54) is 6.33 Å². The van der Waals surface area contributed by atoms with Gasteiger partial charge in [-0.15, -0.1) is 0 Å². The molecule has 0 spiro atoms. The van der Waals surface area contributed by atoms with Gasteiger partial charge in [-0.3, -0.25) is 9.48 Å². The number of carbonyl (C=O) groups is 1. The molecule has 0 radical (unpaired) electrons. The summed E-state index contributed by atoms with van der Waals surface area (Å²) in [5.74, 6) is 1.38. The van der Waals surface area contributed by atoms with Crippen LogP contribution in [0.5, 0.6) is 11.5 Å². The summed E-state index contributed by atoms with van der Waals surface area (Å²) in [4.78, 5) is 17.7. The molecular formula is C15H20N4O3. The Kier molecular flexibility index (Phi) is 5.35. The number of ether oxygens (including phenoxy) is 2. The molecule has 1 amide bonds. The Balaban J connectivity index is 1.93. The normalized spacial score (nSPS) is 10.3. The fourth-order valence-corrected chi connectivity index (χ4v) is 2.09. The van der Waals surface area contributed by atoms with Crippen molar-refractivity contribution < 1.29 is 14.3 Å². The summed E-state index contributed by atoms with van der Waals surface area (Å²) in [5.41, 5.74) is 0.981. The molecule has 2 rings (SSSR count). The van der Waals surface area contributed by atoms with Gasteiger partial charge in [-0.05, 0) is 17.7 Å². The second kappa shape index (κ2) is 7.44. The fraction of sp³-hybridized carbons (Fsp3) is 0.400. The Morgan fingerprint density at radius 2 is 2.05 bits per heavy atom. The SMILES string of the molecule is COc1ccc(CN(C)C(=O)CCn2cncn2)cc1OC. The van der Waals surface area contributed by atoms with Gasteiger partial charge in [0.05, 0.1) is 20.8 Å². The summed E-state index contributed by atoms with van der Waals surface area (Å²) >= 11 is 0.